The molecular weight excluding hydrogens is 607 g/mol. The highest BCUT2D eigenvalue weighted by molar-refractivity contribution is 6.11. The fourth-order valence-electron chi connectivity index (χ4n) is 7.61. The number of aromatic nitrogens is 3. The molecule has 0 fully saturated rings. The molecule has 3 aromatic heterocycles. The van der Waals surface area contributed by atoms with Crippen LogP contribution in [0.3, 0.4) is 0 Å². The van der Waals surface area contributed by atoms with Gasteiger partial charge < -0.3 is 9.13 Å². The first-order valence-electron chi connectivity index (χ1n) is 17.0. The number of hydrogen-bond acceptors (Lipinski definition) is 1. The Morgan fingerprint density at radius 3 is 1.58 bits per heavy atom. The molecular formula is C47H31N3. The summed E-state index contributed by atoms with van der Waals surface area (Å²) in [4.78, 5) is 4.85. The third-order valence-electron chi connectivity index (χ3n) is 9.97. The largest absolute Gasteiger partial charge is 0.309 e. The molecule has 0 aliphatic heterocycles. The van der Waals surface area contributed by atoms with Crippen LogP contribution in [0.1, 0.15) is 0 Å². The number of benzene rings is 7. The lowest BCUT2D eigenvalue weighted by molar-refractivity contribution is 1.17. The van der Waals surface area contributed by atoms with Crippen LogP contribution in [-0.2, 0) is 0 Å². The maximum atomic E-state index is 4.85. The van der Waals surface area contributed by atoms with Crippen molar-refractivity contribution >= 4 is 43.7 Å². The quantitative estimate of drug-likeness (QED) is 0.184. The maximum Gasteiger partial charge on any atom is 0.0963 e. The second-order valence-corrected chi connectivity index (χ2v) is 12.9. The molecule has 7 aromatic carbocycles. The van der Waals surface area contributed by atoms with E-state index in [1.807, 2.05) is 12.3 Å². The van der Waals surface area contributed by atoms with Crippen LogP contribution >= 0.6 is 0 Å². The zero-order valence-electron chi connectivity index (χ0n) is 27.2. The summed E-state index contributed by atoms with van der Waals surface area (Å²) in [5.74, 6) is 0. The molecule has 0 radical (unpaired) electrons. The minimum atomic E-state index is 1.01. The molecule has 3 nitrogen and oxygen atoms in total. The molecule has 0 aliphatic carbocycles. The van der Waals surface area contributed by atoms with Crippen molar-refractivity contribution in [2.24, 2.45) is 0 Å². The van der Waals surface area contributed by atoms with Gasteiger partial charge in [0.1, 0.15) is 0 Å². The maximum absolute atomic E-state index is 4.85. The monoisotopic (exact) mass is 637 g/mol. The van der Waals surface area contributed by atoms with Gasteiger partial charge in [-0.2, -0.15) is 0 Å². The van der Waals surface area contributed by atoms with E-state index >= 15 is 0 Å². The molecule has 10 aromatic rings. The second kappa shape index (κ2) is 11.5. The number of para-hydroxylation sites is 1. The molecule has 0 aliphatic rings. The number of hydrogen-bond donors (Lipinski definition) is 0. The van der Waals surface area contributed by atoms with Crippen molar-refractivity contribution in [3.8, 4) is 44.8 Å². The van der Waals surface area contributed by atoms with Crippen LogP contribution in [0.15, 0.2) is 188 Å². The first-order valence-corrected chi connectivity index (χ1v) is 17.0. The number of nitrogens with zero attached hydrogens (tertiary/aromatic N) is 3. The molecule has 234 valence electrons. The van der Waals surface area contributed by atoms with Crippen molar-refractivity contribution in [2.75, 3.05) is 0 Å². The SMILES string of the molecule is c1ccc(-c2ccc(-n3c4ccccc4c4ccc(-c5ccc6c7ncccc7n(-c7cccc(-c8ccccc8)c7)c6c5)cc43)cc2)cc1. The van der Waals surface area contributed by atoms with Gasteiger partial charge in [-0.05, 0) is 94.0 Å². The first-order chi connectivity index (χ1) is 24.8. The minimum Gasteiger partial charge on any atom is -0.309 e. The average Bonchev–Trinajstić information content (AvgIpc) is 3.71. The zero-order valence-corrected chi connectivity index (χ0v) is 27.2. The van der Waals surface area contributed by atoms with E-state index in [4.69, 9.17) is 4.98 Å². The van der Waals surface area contributed by atoms with E-state index in [0.717, 1.165) is 33.3 Å². The summed E-state index contributed by atoms with van der Waals surface area (Å²) in [7, 11) is 0. The number of fused-ring (bicyclic) bond motifs is 6. The van der Waals surface area contributed by atoms with Crippen molar-refractivity contribution in [2.45, 2.75) is 0 Å². The lowest BCUT2D eigenvalue weighted by atomic mass is 10.0. The van der Waals surface area contributed by atoms with Gasteiger partial charge in [0.2, 0.25) is 0 Å². The highest BCUT2D eigenvalue weighted by Gasteiger charge is 2.17. The molecule has 3 heterocycles. The standard InChI is InChI=1S/C47H31N3/c1-3-11-32(12-4-1)34-20-24-38(25-21-34)49-43-18-8-7-17-40(43)41-26-22-36(30-45(41)49)37-23-27-42-46(31-37)50(44-19-10-28-48-47(42)44)39-16-9-15-35(29-39)33-13-5-2-6-14-33/h1-31H. The zero-order chi connectivity index (χ0) is 33.0. The molecule has 0 atom stereocenters. The molecule has 0 saturated carbocycles. The third-order valence-corrected chi connectivity index (χ3v) is 9.97. The summed E-state index contributed by atoms with van der Waals surface area (Å²) < 4.78 is 4.76. The van der Waals surface area contributed by atoms with Crippen LogP contribution in [-0.4, -0.2) is 14.1 Å². The van der Waals surface area contributed by atoms with Crippen LogP contribution in [0.25, 0.3) is 88.5 Å². The van der Waals surface area contributed by atoms with E-state index in [9.17, 15) is 0 Å². The Kier molecular flexibility index (Phi) is 6.49. The van der Waals surface area contributed by atoms with Crippen molar-refractivity contribution in [3.05, 3.63) is 188 Å². The smallest absolute Gasteiger partial charge is 0.0963 e. The van der Waals surface area contributed by atoms with Crippen LogP contribution < -0.4 is 0 Å². The number of pyridine rings is 1. The number of rotatable bonds is 5. The van der Waals surface area contributed by atoms with Crippen LogP contribution in [0, 0.1) is 0 Å². The van der Waals surface area contributed by atoms with Gasteiger partial charge in [0.05, 0.1) is 27.6 Å². The van der Waals surface area contributed by atoms with Crippen molar-refractivity contribution in [3.63, 3.8) is 0 Å². The Bertz CT molecular complexity index is 2840. The summed E-state index contributed by atoms with van der Waals surface area (Å²) in [6.07, 6.45) is 1.89. The molecule has 50 heavy (non-hydrogen) atoms. The topological polar surface area (TPSA) is 22.8 Å². The van der Waals surface area contributed by atoms with E-state index in [2.05, 4.69) is 185 Å². The Morgan fingerprint density at radius 2 is 0.820 bits per heavy atom. The highest BCUT2D eigenvalue weighted by atomic mass is 15.0. The minimum absolute atomic E-state index is 1.01. The van der Waals surface area contributed by atoms with Crippen LogP contribution in [0.4, 0.5) is 0 Å². The fourth-order valence-corrected chi connectivity index (χ4v) is 7.61. The second-order valence-electron chi connectivity index (χ2n) is 12.9. The van der Waals surface area contributed by atoms with Gasteiger partial charge in [-0.15, -0.1) is 0 Å². The Hall–Kier alpha value is -6.71. The molecule has 0 unspecified atom stereocenters. The van der Waals surface area contributed by atoms with E-state index in [1.54, 1.807) is 0 Å². The summed E-state index contributed by atoms with van der Waals surface area (Å²) >= 11 is 0. The highest BCUT2D eigenvalue weighted by Crippen LogP contribution is 2.38. The van der Waals surface area contributed by atoms with Crippen molar-refractivity contribution in [1.82, 2.24) is 14.1 Å². The molecule has 0 amide bonds. The lowest BCUT2D eigenvalue weighted by Crippen LogP contribution is -1.95. The van der Waals surface area contributed by atoms with Gasteiger partial charge in [0.25, 0.3) is 0 Å². The summed E-state index contributed by atoms with van der Waals surface area (Å²) in [5.41, 5.74) is 15.1. The summed E-state index contributed by atoms with van der Waals surface area (Å²) in [5, 5.41) is 3.64. The average molecular weight is 638 g/mol. The van der Waals surface area contributed by atoms with Crippen LogP contribution in [0.2, 0.25) is 0 Å². The van der Waals surface area contributed by atoms with Gasteiger partial charge in [-0.3, -0.25) is 4.98 Å². The molecule has 0 N–H and O–H groups in total. The molecule has 3 heteroatoms. The van der Waals surface area contributed by atoms with Crippen molar-refractivity contribution < 1.29 is 0 Å². The Morgan fingerprint density at radius 1 is 0.300 bits per heavy atom. The van der Waals surface area contributed by atoms with Crippen molar-refractivity contribution in [1.29, 1.82) is 0 Å². The van der Waals surface area contributed by atoms with Gasteiger partial charge in [-0.1, -0.05) is 121 Å². The predicted molar refractivity (Wildman–Crippen MR) is 209 cm³/mol. The fraction of sp³-hybridized carbons (Fsp3) is 0. The Labute approximate surface area is 290 Å². The van der Waals surface area contributed by atoms with Gasteiger partial charge in [0, 0.05) is 33.7 Å². The van der Waals surface area contributed by atoms with Gasteiger partial charge in [-0.25, -0.2) is 0 Å². The molecule has 0 spiro atoms. The van der Waals surface area contributed by atoms with Gasteiger partial charge in [0.15, 0.2) is 0 Å². The van der Waals surface area contributed by atoms with E-state index in [0.29, 0.717) is 0 Å². The van der Waals surface area contributed by atoms with Crippen LogP contribution in [0.5, 0.6) is 0 Å². The normalized spacial score (nSPS) is 11.6. The lowest BCUT2D eigenvalue weighted by Gasteiger charge is -2.12. The van der Waals surface area contributed by atoms with E-state index < -0.39 is 0 Å². The molecule has 10 rings (SSSR count). The Balaban J connectivity index is 1.15. The van der Waals surface area contributed by atoms with E-state index in [-0.39, 0.29) is 0 Å². The third kappa shape index (κ3) is 4.56. The summed E-state index contributed by atoms with van der Waals surface area (Å²) in [6, 6.07) is 65.5. The summed E-state index contributed by atoms with van der Waals surface area (Å²) in [6.45, 7) is 0. The first kappa shape index (κ1) is 28.3. The van der Waals surface area contributed by atoms with E-state index in [1.165, 1.54) is 55.2 Å². The molecule has 0 bridgehead atoms. The van der Waals surface area contributed by atoms with Gasteiger partial charge >= 0.3 is 0 Å². The predicted octanol–water partition coefficient (Wildman–Crippen LogP) is 12.3. The molecule has 0 saturated heterocycles.